The molecule has 1 unspecified atom stereocenters. The van der Waals surface area contributed by atoms with Crippen LogP contribution in [0.1, 0.15) is 53.3 Å². The number of benzene rings is 1. The first-order chi connectivity index (χ1) is 18.9. The fraction of sp³-hybridized carbons (Fsp3) is 0.462. The molecule has 5 rings (SSSR count). The largest absolute Gasteiger partial charge is 0.467 e. The second-order valence-electron chi connectivity index (χ2n) is 10.4. The number of hydrogen-bond acceptors (Lipinski definition) is 9. The van der Waals surface area contributed by atoms with E-state index in [1.165, 1.54) is 25.3 Å². The van der Waals surface area contributed by atoms with Crippen LogP contribution < -0.4 is 15.4 Å². The second-order valence-corrected chi connectivity index (χ2v) is 12.6. The molecule has 40 heavy (non-hydrogen) atoms. The van der Waals surface area contributed by atoms with Crippen molar-refractivity contribution in [2.45, 2.75) is 50.7 Å². The van der Waals surface area contributed by atoms with Crippen LogP contribution in [-0.2, 0) is 19.6 Å². The number of rotatable bonds is 6. The van der Waals surface area contributed by atoms with Crippen molar-refractivity contribution in [1.29, 1.82) is 0 Å². The van der Waals surface area contributed by atoms with E-state index in [1.807, 2.05) is 24.1 Å². The van der Waals surface area contributed by atoms with Gasteiger partial charge < -0.3 is 20.3 Å². The molecule has 0 aliphatic carbocycles. The fourth-order valence-corrected chi connectivity index (χ4v) is 6.30. The molecule has 2 aliphatic heterocycles. The summed E-state index contributed by atoms with van der Waals surface area (Å²) in [5.74, 6) is -0.0631. The quantitative estimate of drug-likeness (QED) is 0.413. The number of ether oxygens (including phenoxy) is 1. The van der Waals surface area contributed by atoms with Crippen molar-refractivity contribution in [3.05, 3.63) is 52.3 Å². The number of methoxy groups -OCH3 is 1. The zero-order valence-corrected chi connectivity index (χ0v) is 24.1. The molecule has 214 valence electrons. The Balaban J connectivity index is 1.49. The van der Waals surface area contributed by atoms with E-state index in [4.69, 9.17) is 32.2 Å². The average Bonchev–Trinajstić information content (AvgIpc) is 3.50. The summed E-state index contributed by atoms with van der Waals surface area (Å²) >= 11 is 6.20. The maximum Gasteiger partial charge on any atom is 0.328 e. The number of hydrogen-bond donors (Lipinski definition) is 2. The Morgan fingerprint density at radius 2 is 2.00 bits per heavy atom. The van der Waals surface area contributed by atoms with E-state index in [9.17, 15) is 18.0 Å². The summed E-state index contributed by atoms with van der Waals surface area (Å²) in [7, 11) is -2.26. The molecule has 3 atom stereocenters. The van der Waals surface area contributed by atoms with Gasteiger partial charge in [0.1, 0.15) is 11.9 Å². The van der Waals surface area contributed by atoms with Crippen LogP contribution in [0.4, 0.5) is 11.5 Å². The molecule has 3 N–H and O–H groups in total. The minimum atomic E-state index is -3.62. The van der Waals surface area contributed by atoms with Gasteiger partial charge in [0.05, 0.1) is 36.4 Å². The molecule has 0 radical (unpaired) electrons. The first-order valence-corrected chi connectivity index (χ1v) is 15.3. The van der Waals surface area contributed by atoms with E-state index >= 15 is 0 Å². The lowest BCUT2D eigenvalue weighted by atomic mass is 9.98. The molecule has 4 heterocycles. The number of likely N-dealkylation sites (tertiary alicyclic amines) is 1. The molecular weight excluding hydrogens is 558 g/mol. The van der Waals surface area contributed by atoms with Crippen LogP contribution >= 0.6 is 11.6 Å². The normalized spacial score (nSPS) is 21.6. The first kappa shape index (κ1) is 28.1. The van der Waals surface area contributed by atoms with Crippen molar-refractivity contribution in [1.82, 2.24) is 19.5 Å². The molecule has 2 fully saturated rings. The third-order valence-corrected chi connectivity index (χ3v) is 8.14. The number of amides is 1. The number of halogens is 1. The van der Waals surface area contributed by atoms with Crippen LogP contribution in [0.2, 0.25) is 5.02 Å². The van der Waals surface area contributed by atoms with E-state index in [0.717, 1.165) is 24.7 Å². The van der Waals surface area contributed by atoms with E-state index in [1.54, 1.807) is 9.42 Å². The Bertz CT molecular complexity index is 1580. The van der Waals surface area contributed by atoms with Gasteiger partial charge in [-0.2, -0.15) is 5.10 Å². The average molecular weight is 590 g/mol. The molecule has 1 aromatic carbocycles. The van der Waals surface area contributed by atoms with Gasteiger partial charge in [0.15, 0.2) is 5.65 Å². The number of aromatic nitrogens is 3. The van der Waals surface area contributed by atoms with Crippen molar-refractivity contribution in [2.75, 3.05) is 36.1 Å². The van der Waals surface area contributed by atoms with Gasteiger partial charge in [-0.15, -0.1) is 0 Å². The van der Waals surface area contributed by atoms with Crippen LogP contribution in [0.25, 0.3) is 5.65 Å². The summed E-state index contributed by atoms with van der Waals surface area (Å²) in [6.07, 6.45) is 5.74. The predicted octanol–water partition coefficient (Wildman–Crippen LogP) is 2.51. The molecule has 3 aromatic rings. The number of aryl methyl sites for hydroxylation is 1. The summed E-state index contributed by atoms with van der Waals surface area (Å²) in [6.45, 7) is 2.85. The number of fused-ring (bicyclic) bond motifs is 1. The predicted molar refractivity (Wildman–Crippen MR) is 151 cm³/mol. The van der Waals surface area contributed by atoms with Crippen molar-refractivity contribution in [2.24, 2.45) is 5.73 Å². The zero-order valence-electron chi connectivity index (χ0n) is 22.5. The first-order valence-electron chi connectivity index (χ1n) is 13.0. The molecular formula is C26H32ClN7O5S. The minimum absolute atomic E-state index is 0.169. The highest BCUT2D eigenvalue weighted by Gasteiger charge is 2.38. The fourth-order valence-electron chi connectivity index (χ4n) is 5.55. The van der Waals surface area contributed by atoms with Gasteiger partial charge in [0, 0.05) is 42.0 Å². The lowest BCUT2D eigenvalue weighted by Gasteiger charge is -2.35. The maximum atomic E-state index is 13.8. The Kier molecular flexibility index (Phi) is 7.64. The van der Waals surface area contributed by atoms with Crippen molar-refractivity contribution in [3.8, 4) is 0 Å². The van der Waals surface area contributed by atoms with Crippen LogP contribution in [0.5, 0.6) is 0 Å². The van der Waals surface area contributed by atoms with Crippen LogP contribution in [-0.4, -0.2) is 78.3 Å². The number of sulfonamides is 1. The van der Waals surface area contributed by atoms with Gasteiger partial charge in [-0.25, -0.2) is 22.7 Å². The number of nitrogens with zero attached hydrogens (tertiary/aromatic N) is 5. The van der Waals surface area contributed by atoms with E-state index in [2.05, 4.69) is 4.72 Å². The van der Waals surface area contributed by atoms with Crippen molar-refractivity contribution < 1.29 is 22.7 Å². The second kappa shape index (κ2) is 10.9. The standard InChI is InChI=1S/C26H32ClN7O5S/c1-15-13-34-23(29-24(15)33-14-17(28)11-22(33)26(36)39-2)12-20(30-34)21-6-4-5-9-32(21)25(35)18-10-16(27)7-8-19(18)31-40(3,37)38/h7-8,10,12-13,17,21-22,31H,4-6,9,11,14,28H2,1-3H3/t17-,21?,22+/m0/s1. The molecule has 0 spiro atoms. The third-order valence-electron chi connectivity index (χ3n) is 7.32. The third kappa shape index (κ3) is 5.58. The van der Waals surface area contributed by atoms with Gasteiger partial charge >= 0.3 is 5.97 Å². The molecule has 0 bridgehead atoms. The van der Waals surface area contributed by atoms with Crippen LogP contribution in [0, 0.1) is 6.92 Å². The van der Waals surface area contributed by atoms with Gasteiger partial charge in [0.2, 0.25) is 10.0 Å². The molecule has 2 aliphatic rings. The molecule has 0 saturated carbocycles. The number of carbonyl (C=O) groups is 2. The summed E-state index contributed by atoms with van der Waals surface area (Å²) in [6, 6.07) is 5.29. The van der Waals surface area contributed by atoms with Gasteiger partial charge in [0.25, 0.3) is 5.91 Å². The lowest BCUT2D eigenvalue weighted by Crippen LogP contribution is -2.39. The van der Waals surface area contributed by atoms with Crippen LogP contribution in [0.3, 0.4) is 0 Å². The van der Waals surface area contributed by atoms with E-state index < -0.39 is 16.1 Å². The van der Waals surface area contributed by atoms with E-state index in [-0.39, 0.29) is 35.2 Å². The molecule has 14 heteroatoms. The SMILES string of the molecule is COC(=O)[C@H]1C[C@H](N)CN1c1nc2cc(C3CCCCN3C(=O)c3cc(Cl)ccc3NS(C)(=O)=O)nn2cc1C. The zero-order chi connectivity index (χ0) is 28.8. The van der Waals surface area contributed by atoms with Crippen LogP contribution in [0.15, 0.2) is 30.5 Å². The van der Waals surface area contributed by atoms with Crippen molar-refractivity contribution >= 4 is 50.7 Å². The lowest BCUT2D eigenvalue weighted by molar-refractivity contribution is -0.142. The number of carbonyl (C=O) groups excluding carboxylic acids is 2. The molecule has 12 nitrogen and oxygen atoms in total. The highest BCUT2D eigenvalue weighted by molar-refractivity contribution is 7.92. The number of esters is 1. The minimum Gasteiger partial charge on any atom is -0.467 e. The summed E-state index contributed by atoms with van der Waals surface area (Å²) in [4.78, 5) is 34.7. The summed E-state index contributed by atoms with van der Waals surface area (Å²) < 4.78 is 33.0. The monoisotopic (exact) mass is 589 g/mol. The highest BCUT2D eigenvalue weighted by Crippen LogP contribution is 2.35. The topological polar surface area (TPSA) is 152 Å². The molecule has 2 aromatic heterocycles. The molecule has 2 saturated heterocycles. The summed E-state index contributed by atoms with van der Waals surface area (Å²) in [5.41, 5.74) is 8.57. The molecule has 1 amide bonds. The number of nitrogens with two attached hydrogens (primary N) is 1. The Morgan fingerprint density at radius 1 is 1.23 bits per heavy atom. The van der Waals surface area contributed by atoms with Gasteiger partial charge in [-0.1, -0.05) is 11.6 Å². The Morgan fingerprint density at radius 3 is 2.73 bits per heavy atom. The van der Waals surface area contributed by atoms with Gasteiger partial charge in [-0.05, 0) is 50.8 Å². The smallest absolute Gasteiger partial charge is 0.328 e. The Labute approximate surface area is 237 Å². The number of piperidine rings is 1. The number of anilines is 2. The number of nitrogens with one attached hydrogen (secondary N) is 1. The highest BCUT2D eigenvalue weighted by atomic mass is 35.5. The Hall–Kier alpha value is -3.42. The van der Waals surface area contributed by atoms with Gasteiger partial charge in [-0.3, -0.25) is 9.52 Å². The van der Waals surface area contributed by atoms with Crippen molar-refractivity contribution in [3.63, 3.8) is 0 Å². The summed E-state index contributed by atoms with van der Waals surface area (Å²) in [5, 5.41) is 5.09. The maximum absolute atomic E-state index is 13.8. The van der Waals surface area contributed by atoms with E-state index in [0.29, 0.717) is 48.1 Å².